The zero-order chi connectivity index (χ0) is 13.8. The van der Waals surface area contributed by atoms with Crippen molar-refractivity contribution in [2.24, 2.45) is 0 Å². The van der Waals surface area contributed by atoms with Gasteiger partial charge in [-0.2, -0.15) is 0 Å². The first-order chi connectivity index (χ1) is 9.11. The Kier molecular flexibility index (Phi) is 4.33. The molecular weight excluding hydrogens is 266 g/mol. The summed E-state index contributed by atoms with van der Waals surface area (Å²) in [6.07, 6.45) is 1.79. The summed E-state index contributed by atoms with van der Waals surface area (Å²) >= 11 is 5.87. The number of allylic oxidation sites excluding steroid dienone is 1. The molecule has 19 heavy (non-hydrogen) atoms. The molecule has 0 aliphatic heterocycles. The van der Waals surface area contributed by atoms with Crippen LogP contribution in [0.3, 0.4) is 0 Å². The number of aryl methyl sites for hydroxylation is 1. The van der Waals surface area contributed by atoms with Crippen LogP contribution in [0.1, 0.15) is 16.7 Å². The lowest BCUT2D eigenvalue weighted by molar-refractivity contribution is 0.597. The maximum Gasteiger partial charge on any atom is 0.130 e. The van der Waals surface area contributed by atoms with E-state index in [2.05, 4.69) is 0 Å². The first-order valence-corrected chi connectivity index (χ1v) is 6.43. The van der Waals surface area contributed by atoms with Crippen molar-refractivity contribution in [1.29, 1.82) is 0 Å². The Balaban J connectivity index is 2.51. The highest BCUT2D eigenvalue weighted by molar-refractivity contribution is 6.24. The number of alkyl halides is 1. The van der Waals surface area contributed by atoms with Gasteiger partial charge in [0.15, 0.2) is 0 Å². The van der Waals surface area contributed by atoms with Gasteiger partial charge in [0.25, 0.3) is 0 Å². The van der Waals surface area contributed by atoms with E-state index in [0.717, 1.165) is 23.3 Å². The second-order valence-electron chi connectivity index (χ2n) is 4.28. The third kappa shape index (κ3) is 3.21. The molecule has 2 aromatic rings. The lowest BCUT2D eigenvalue weighted by Crippen LogP contribution is -1.93. The van der Waals surface area contributed by atoms with E-state index < -0.39 is 11.6 Å². The van der Waals surface area contributed by atoms with E-state index in [4.69, 9.17) is 11.6 Å². The van der Waals surface area contributed by atoms with Crippen LogP contribution in [-0.2, 0) is 0 Å². The molecule has 2 rings (SSSR count). The molecule has 0 saturated heterocycles. The van der Waals surface area contributed by atoms with Crippen molar-refractivity contribution in [3.05, 3.63) is 70.8 Å². The minimum atomic E-state index is -0.475. The van der Waals surface area contributed by atoms with E-state index in [1.807, 2.05) is 31.2 Å². The van der Waals surface area contributed by atoms with Crippen molar-refractivity contribution in [1.82, 2.24) is 0 Å². The van der Waals surface area contributed by atoms with E-state index in [0.29, 0.717) is 5.57 Å². The molecule has 0 bridgehead atoms. The van der Waals surface area contributed by atoms with Gasteiger partial charge < -0.3 is 0 Å². The molecule has 0 amide bonds. The molecule has 0 atom stereocenters. The van der Waals surface area contributed by atoms with Crippen molar-refractivity contribution in [3.8, 4) is 0 Å². The summed E-state index contributed by atoms with van der Waals surface area (Å²) < 4.78 is 27.0. The zero-order valence-electron chi connectivity index (χ0n) is 10.5. The molecule has 3 heteroatoms. The third-order valence-corrected chi connectivity index (χ3v) is 3.22. The van der Waals surface area contributed by atoms with Crippen molar-refractivity contribution in [2.45, 2.75) is 6.92 Å². The Morgan fingerprint density at radius 1 is 1.16 bits per heavy atom. The standard InChI is InChI=1S/C16H13ClF2/c1-11-4-2-3-5-12(11)8-13(10-17)15-9-14(18)6-7-16(15)19/h2-9H,10H2,1H3. The van der Waals surface area contributed by atoms with Gasteiger partial charge in [-0.25, -0.2) is 8.78 Å². The number of hydrogen-bond donors (Lipinski definition) is 0. The number of benzene rings is 2. The lowest BCUT2D eigenvalue weighted by Gasteiger charge is -2.07. The normalized spacial score (nSPS) is 11.7. The molecule has 0 aromatic heterocycles. The Morgan fingerprint density at radius 2 is 1.89 bits per heavy atom. The molecule has 0 radical (unpaired) electrons. The van der Waals surface area contributed by atoms with E-state index >= 15 is 0 Å². The summed E-state index contributed by atoms with van der Waals surface area (Å²) in [7, 11) is 0. The fourth-order valence-corrected chi connectivity index (χ4v) is 2.09. The lowest BCUT2D eigenvalue weighted by atomic mass is 10.0. The van der Waals surface area contributed by atoms with E-state index in [9.17, 15) is 8.78 Å². The van der Waals surface area contributed by atoms with Crippen molar-refractivity contribution in [2.75, 3.05) is 5.88 Å². The molecule has 0 unspecified atom stereocenters. The molecule has 0 nitrogen and oxygen atoms in total. The van der Waals surface area contributed by atoms with Gasteiger partial charge in [0.1, 0.15) is 11.6 Å². The van der Waals surface area contributed by atoms with Crippen molar-refractivity contribution < 1.29 is 8.78 Å². The molecule has 0 N–H and O–H groups in total. The highest BCUT2D eigenvalue weighted by Gasteiger charge is 2.09. The summed E-state index contributed by atoms with van der Waals surface area (Å²) in [6, 6.07) is 11.1. The molecular formula is C16H13ClF2. The van der Waals surface area contributed by atoms with Crippen LogP contribution in [0.15, 0.2) is 42.5 Å². The number of rotatable bonds is 3. The van der Waals surface area contributed by atoms with Crippen LogP contribution >= 0.6 is 11.6 Å². The van der Waals surface area contributed by atoms with Crippen LogP contribution in [0.5, 0.6) is 0 Å². The van der Waals surface area contributed by atoms with Gasteiger partial charge in [-0.15, -0.1) is 11.6 Å². The molecule has 2 aromatic carbocycles. The molecule has 0 heterocycles. The van der Waals surface area contributed by atoms with Gasteiger partial charge in [-0.05, 0) is 47.9 Å². The maximum atomic E-state index is 13.7. The summed E-state index contributed by atoms with van der Waals surface area (Å²) in [5.74, 6) is -0.826. The molecule has 0 aliphatic carbocycles. The molecule has 0 saturated carbocycles. The van der Waals surface area contributed by atoms with E-state index in [1.54, 1.807) is 6.08 Å². The summed E-state index contributed by atoms with van der Waals surface area (Å²) in [5.41, 5.74) is 2.77. The van der Waals surface area contributed by atoms with Gasteiger partial charge in [0, 0.05) is 11.4 Å². The van der Waals surface area contributed by atoms with Gasteiger partial charge in [-0.1, -0.05) is 24.3 Å². The largest absolute Gasteiger partial charge is 0.207 e. The van der Waals surface area contributed by atoms with E-state index in [-0.39, 0.29) is 11.4 Å². The highest BCUT2D eigenvalue weighted by Crippen LogP contribution is 2.24. The van der Waals surface area contributed by atoms with Crippen LogP contribution in [0, 0.1) is 18.6 Å². The Bertz CT molecular complexity index is 618. The SMILES string of the molecule is Cc1ccccc1C=C(CCl)c1cc(F)ccc1F. The van der Waals surface area contributed by atoms with Crippen LogP contribution in [0.2, 0.25) is 0 Å². The minimum Gasteiger partial charge on any atom is -0.207 e. The second kappa shape index (κ2) is 5.98. The Morgan fingerprint density at radius 3 is 2.58 bits per heavy atom. The monoisotopic (exact) mass is 278 g/mol. The van der Waals surface area contributed by atoms with Crippen LogP contribution in [0.4, 0.5) is 8.78 Å². The van der Waals surface area contributed by atoms with Crippen LogP contribution < -0.4 is 0 Å². The topological polar surface area (TPSA) is 0 Å². The number of halogens is 3. The zero-order valence-corrected chi connectivity index (χ0v) is 11.2. The summed E-state index contributed by atoms with van der Waals surface area (Å²) in [4.78, 5) is 0. The van der Waals surface area contributed by atoms with Crippen LogP contribution in [-0.4, -0.2) is 5.88 Å². The molecule has 98 valence electrons. The summed E-state index contributed by atoms with van der Waals surface area (Å²) in [5, 5.41) is 0. The van der Waals surface area contributed by atoms with Gasteiger partial charge >= 0.3 is 0 Å². The molecule has 0 spiro atoms. The highest BCUT2D eigenvalue weighted by atomic mass is 35.5. The predicted molar refractivity (Wildman–Crippen MR) is 76.1 cm³/mol. The van der Waals surface area contributed by atoms with Crippen molar-refractivity contribution in [3.63, 3.8) is 0 Å². The average Bonchev–Trinajstić information content (AvgIpc) is 2.41. The second-order valence-corrected chi connectivity index (χ2v) is 4.55. The maximum absolute atomic E-state index is 13.7. The average molecular weight is 279 g/mol. The van der Waals surface area contributed by atoms with Gasteiger partial charge in [-0.3, -0.25) is 0 Å². The quantitative estimate of drug-likeness (QED) is 0.544. The van der Waals surface area contributed by atoms with Gasteiger partial charge in [0.05, 0.1) is 0 Å². The fraction of sp³-hybridized carbons (Fsp3) is 0.125. The predicted octanol–water partition coefficient (Wildman–Crippen LogP) is 5.05. The molecule has 0 aliphatic rings. The van der Waals surface area contributed by atoms with Gasteiger partial charge in [0.2, 0.25) is 0 Å². The van der Waals surface area contributed by atoms with E-state index in [1.165, 1.54) is 6.07 Å². The Labute approximate surface area is 116 Å². The molecule has 0 fully saturated rings. The first kappa shape index (κ1) is 13.8. The third-order valence-electron chi connectivity index (χ3n) is 2.94. The first-order valence-electron chi connectivity index (χ1n) is 5.89. The van der Waals surface area contributed by atoms with Crippen LogP contribution in [0.25, 0.3) is 11.6 Å². The fourth-order valence-electron chi connectivity index (χ4n) is 1.87. The smallest absolute Gasteiger partial charge is 0.130 e. The number of hydrogen-bond acceptors (Lipinski definition) is 0. The minimum absolute atomic E-state index is 0.120. The summed E-state index contributed by atoms with van der Waals surface area (Å²) in [6.45, 7) is 1.96. The Hall–Kier alpha value is -1.67. The van der Waals surface area contributed by atoms with Crippen molar-refractivity contribution >= 4 is 23.3 Å².